The van der Waals surface area contributed by atoms with Gasteiger partial charge in [0.1, 0.15) is 6.10 Å². The third kappa shape index (κ3) is 2.81. The highest BCUT2D eigenvalue weighted by atomic mass is 16.7. The topological polar surface area (TPSA) is 40.6 Å². The van der Waals surface area contributed by atoms with Crippen molar-refractivity contribution in [3.05, 3.63) is 18.3 Å². The van der Waals surface area contributed by atoms with Gasteiger partial charge in [-0.05, 0) is 59.4 Å². The highest BCUT2D eigenvalue weighted by Gasteiger charge is 2.52. The largest absolute Gasteiger partial charge is 0.500 e. The van der Waals surface area contributed by atoms with Gasteiger partial charge in [0, 0.05) is 11.7 Å². The van der Waals surface area contributed by atoms with Crippen molar-refractivity contribution in [2.24, 2.45) is 0 Å². The molecule has 0 spiro atoms. The summed E-state index contributed by atoms with van der Waals surface area (Å²) in [5.74, 6) is 0.655. The minimum Gasteiger partial charge on any atom is -0.475 e. The maximum atomic E-state index is 6.11. The van der Waals surface area contributed by atoms with E-state index in [2.05, 4.69) is 32.7 Å². The summed E-state index contributed by atoms with van der Waals surface area (Å²) in [6.45, 7) is 8.23. The molecule has 0 radical (unpaired) electrons. The molecule has 0 atom stereocenters. The quantitative estimate of drug-likeness (QED) is 0.802. The fourth-order valence-electron chi connectivity index (χ4n) is 2.82. The minimum absolute atomic E-state index is 0.279. The van der Waals surface area contributed by atoms with E-state index in [4.69, 9.17) is 14.0 Å². The second-order valence-corrected chi connectivity index (χ2v) is 7.01. The fourth-order valence-corrected chi connectivity index (χ4v) is 2.82. The highest BCUT2D eigenvalue weighted by molar-refractivity contribution is 6.63. The van der Waals surface area contributed by atoms with Crippen molar-refractivity contribution >= 4 is 12.6 Å². The fraction of sp³-hybridized carbons (Fsp3) is 0.688. The number of hydrogen-bond donors (Lipinski definition) is 0. The van der Waals surface area contributed by atoms with Crippen LogP contribution in [0, 0.1) is 0 Å². The summed E-state index contributed by atoms with van der Waals surface area (Å²) < 4.78 is 18.3. The molecule has 0 unspecified atom stereocenters. The van der Waals surface area contributed by atoms with Crippen LogP contribution in [0.1, 0.15) is 53.4 Å². The molecule has 1 aliphatic carbocycles. The van der Waals surface area contributed by atoms with Crippen LogP contribution in [0.15, 0.2) is 18.3 Å². The third-order valence-electron chi connectivity index (χ3n) is 4.89. The first-order chi connectivity index (χ1) is 9.89. The van der Waals surface area contributed by atoms with Crippen molar-refractivity contribution in [1.82, 2.24) is 4.98 Å². The molecule has 0 aromatic carbocycles. The van der Waals surface area contributed by atoms with E-state index in [1.807, 2.05) is 12.1 Å². The number of pyridine rings is 1. The van der Waals surface area contributed by atoms with Gasteiger partial charge in [-0.1, -0.05) is 6.07 Å². The third-order valence-corrected chi connectivity index (χ3v) is 4.89. The molecule has 1 aromatic heterocycles. The molecule has 1 saturated carbocycles. The lowest BCUT2D eigenvalue weighted by Gasteiger charge is -2.32. The molecule has 2 heterocycles. The summed E-state index contributed by atoms with van der Waals surface area (Å²) in [6, 6.07) is 3.89. The molecule has 5 heteroatoms. The average molecular weight is 289 g/mol. The lowest BCUT2D eigenvalue weighted by atomic mass is 9.80. The van der Waals surface area contributed by atoms with Crippen molar-refractivity contribution in [2.45, 2.75) is 70.7 Å². The Labute approximate surface area is 127 Å². The van der Waals surface area contributed by atoms with Crippen LogP contribution in [0.25, 0.3) is 0 Å². The minimum atomic E-state index is -0.417. The Bertz CT molecular complexity index is 496. The van der Waals surface area contributed by atoms with Crippen molar-refractivity contribution in [3.8, 4) is 5.88 Å². The molecule has 2 aliphatic rings. The Morgan fingerprint density at radius 2 is 1.76 bits per heavy atom. The molecule has 3 rings (SSSR count). The summed E-state index contributed by atoms with van der Waals surface area (Å²) in [6.07, 6.45) is 6.74. The standard InChI is InChI=1S/C16H24BNO3/c1-15(2)16(3,4)21-17(20-15)13-10-7-11-18-14(13)19-12-8-5-6-9-12/h7,10-12H,5-6,8-9H2,1-4H3. The monoisotopic (exact) mass is 289 g/mol. The van der Waals surface area contributed by atoms with Gasteiger partial charge in [-0.3, -0.25) is 0 Å². The molecule has 2 fully saturated rings. The van der Waals surface area contributed by atoms with Crippen LogP contribution >= 0.6 is 0 Å². The molecule has 0 bridgehead atoms. The molecule has 1 aromatic rings. The molecule has 0 N–H and O–H groups in total. The van der Waals surface area contributed by atoms with Gasteiger partial charge in [0.25, 0.3) is 0 Å². The second-order valence-electron chi connectivity index (χ2n) is 7.01. The number of hydrogen-bond acceptors (Lipinski definition) is 4. The van der Waals surface area contributed by atoms with E-state index in [1.54, 1.807) is 6.20 Å². The van der Waals surface area contributed by atoms with E-state index in [0.717, 1.165) is 18.3 Å². The molecular formula is C16H24BNO3. The second kappa shape index (κ2) is 5.29. The average Bonchev–Trinajstić information content (AvgIpc) is 2.97. The van der Waals surface area contributed by atoms with Crippen LogP contribution in [-0.4, -0.2) is 29.4 Å². The van der Waals surface area contributed by atoms with Crippen molar-refractivity contribution in [2.75, 3.05) is 0 Å². The lowest BCUT2D eigenvalue weighted by molar-refractivity contribution is 0.00578. The van der Waals surface area contributed by atoms with E-state index in [9.17, 15) is 0 Å². The number of ether oxygens (including phenoxy) is 1. The van der Waals surface area contributed by atoms with Gasteiger partial charge < -0.3 is 14.0 Å². The zero-order valence-corrected chi connectivity index (χ0v) is 13.4. The van der Waals surface area contributed by atoms with Crippen LogP contribution in [0.3, 0.4) is 0 Å². The molecule has 114 valence electrons. The Kier molecular flexibility index (Phi) is 3.74. The Morgan fingerprint density at radius 1 is 1.14 bits per heavy atom. The first-order valence-electron chi connectivity index (χ1n) is 7.86. The van der Waals surface area contributed by atoms with E-state index in [-0.39, 0.29) is 17.3 Å². The highest BCUT2D eigenvalue weighted by Crippen LogP contribution is 2.37. The first kappa shape index (κ1) is 14.9. The maximum Gasteiger partial charge on any atom is 0.500 e. The predicted octanol–water partition coefficient (Wildman–Crippen LogP) is 2.70. The van der Waals surface area contributed by atoms with Gasteiger partial charge >= 0.3 is 7.12 Å². The van der Waals surface area contributed by atoms with Gasteiger partial charge in [0.15, 0.2) is 0 Å². The molecule has 21 heavy (non-hydrogen) atoms. The Hall–Kier alpha value is -1.07. The van der Waals surface area contributed by atoms with Gasteiger partial charge in [-0.15, -0.1) is 0 Å². The van der Waals surface area contributed by atoms with Crippen LogP contribution in [-0.2, 0) is 9.31 Å². The zero-order chi connectivity index (χ0) is 15.1. The van der Waals surface area contributed by atoms with Gasteiger partial charge in [0.05, 0.1) is 11.2 Å². The van der Waals surface area contributed by atoms with Crippen LogP contribution in [0.2, 0.25) is 0 Å². The van der Waals surface area contributed by atoms with Crippen molar-refractivity contribution in [3.63, 3.8) is 0 Å². The van der Waals surface area contributed by atoms with Gasteiger partial charge in [-0.25, -0.2) is 4.98 Å². The number of aromatic nitrogens is 1. The summed E-state index contributed by atoms with van der Waals surface area (Å²) in [7, 11) is -0.417. The normalized spacial score (nSPS) is 24.5. The molecular weight excluding hydrogens is 265 g/mol. The van der Waals surface area contributed by atoms with Crippen LogP contribution in [0.4, 0.5) is 0 Å². The Balaban J connectivity index is 1.82. The van der Waals surface area contributed by atoms with Gasteiger partial charge in [0.2, 0.25) is 5.88 Å². The van der Waals surface area contributed by atoms with Crippen molar-refractivity contribution < 1.29 is 14.0 Å². The zero-order valence-electron chi connectivity index (χ0n) is 13.4. The SMILES string of the molecule is CC1(C)OB(c2cccnc2OC2CCCC2)OC1(C)C. The first-order valence-corrected chi connectivity index (χ1v) is 7.86. The van der Waals surface area contributed by atoms with E-state index in [0.29, 0.717) is 5.88 Å². The van der Waals surface area contributed by atoms with Crippen LogP contribution in [0.5, 0.6) is 5.88 Å². The van der Waals surface area contributed by atoms with Crippen molar-refractivity contribution in [1.29, 1.82) is 0 Å². The lowest BCUT2D eigenvalue weighted by Crippen LogP contribution is -2.41. The van der Waals surface area contributed by atoms with E-state index >= 15 is 0 Å². The van der Waals surface area contributed by atoms with Crippen LogP contribution < -0.4 is 10.2 Å². The summed E-state index contributed by atoms with van der Waals surface area (Å²) in [5.41, 5.74) is 0.194. The summed E-state index contributed by atoms with van der Waals surface area (Å²) in [4.78, 5) is 4.40. The van der Waals surface area contributed by atoms with E-state index in [1.165, 1.54) is 12.8 Å². The van der Waals surface area contributed by atoms with E-state index < -0.39 is 7.12 Å². The maximum absolute atomic E-state index is 6.11. The molecule has 0 amide bonds. The summed E-state index contributed by atoms with van der Waals surface area (Å²) in [5, 5.41) is 0. The molecule has 1 saturated heterocycles. The smallest absolute Gasteiger partial charge is 0.475 e. The molecule has 1 aliphatic heterocycles. The number of nitrogens with zero attached hydrogens (tertiary/aromatic N) is 1. The van der Waals surface area contributed by atoms with Gasteiger partial charge in [-0.2, -0.15) is 0 Å². The Morgan fingerprint density at radius 3 is 2.38 bits per heavy atom. The predicted molar refractivity (Wildman–Crippen MR) is 82.8 cm³/mol. The number of rotatable bonds is 3. The summed E-state index contributed by atoms with van der Waals surface area (Å²) >= 11 is 0. The molecule has 4 nitrogen and oxygen atoms in total.